The molecule has 2 aromatic rings. The van der Waals surface area contributed by atoms with Gasteiger partial charge in [0.15, 0.2) is 0 Å². The lowest BCUT2D eigenvalue weighted by atomic mass is 10.1. The van der Waals surface area contributed by atoms with Crippen LogP contribution in [0.1, 0.15) is 38.1 Å². The lowest BCUT2D eigenvalue weighted by Crippen LogP contribution is -2.26. The fraction of sp³-hybridized carbons (Fsp3) is 0.500. The molecule has 1 heterocycles. The molecule has 5 heteroatoms. The number of rotatable bonds is 10. The Morgan fingerprint density at radius 1 is 1.08 bits per heavy atom. The number of hydrogen-bond acceptors (Lipinski definition) is 5. The van der Waals surface area contributed by atoms with E-state index in [9.17, 15) is 0 Å². The van der Waals surface area contributed by atoms with Crippen molar-refractivity contribution in [2.24, 2.45) is 0 Å². The lowest BCUT2D eigenvalue weighted by molar-refractivity contribution is 0.410. The van der Waals surface area contributed by atoms with Crippen LogP contribution >= 0.6 is 0 Å². The molecule has 1 aromatic carbocycles. The second-order valence-corrected chi connectivity index (χ2v) is 6.13. The number of anilines is 2. The van der Waals surface area contributed by atoms with Crippen LogP contribution in [0.2, 0.25) is 0 Å². The van der Waals surface area contributed by atoms with E-state index >= 15 is 0 Å². The first-order chi connectivity index (χ1) is 12.2. The predicted molar refractivity (Wildman–Crippen MR) is 105 cm³/mol. The Morgan fingerprint density at radius 3 is 2.48 bits per heavy atom. The Kier molecular flexibility index (Phi) is 7.51. The monoisotopic (exact) mass is 342 g/mol. The second-order valence-electron chi connectivity index (χ2n) is 6.13. The summed E-state index contributed by atoms with van der Waals surface area (Å²) in [5, 5.41) is 3.43. The van der Waals surface area contributed by atoms with Gasteiger partial charge in [-0.1, -0.05) is 32.0 Å². The van der Waals surface area contributed by atoms with E-state index in [2.05, 4.69) is 46.2 Å². The molecule has 0 bridgehead atoms. The Morgan fingerprint density at radius 2 is 1.80 bits per heavy atom. The molecule has 2 rings (SSSR count). The first-order valence-electron chi connectivity index (χ1n) is 9.14. The summed E-state index contributed by atoms with van der Waals surface area (Å²) in [5.41, 5.74) is 1.20. The van der Waals surface area contributed by atoms with E-state index in [4.69, 9.17) is 4.74 Å². The maximum atomic E-state index is 5.41. The van der Waals surface area contributed by atoms with Gasteiger partial charge in [-0.05, 0) is 37.8 Å². The van der Waals surface area contributed by atoms with Crippen molar-refractivity contribution >= 4 is 11.6 Å². The molecule has 5 nitrogen and oxygen atoms in total. The number of nitrogens with one attached hydrogen (secondary N) is 1. The number of hydrogen-bond donors (Lipinski definition) is 1. The van der Waals surface area contributed by atoms with E-state index in [1.165, 1.54) is 5.56 Å². The molecule has 0 unspecified atom stereocenters. The van der Waals surface area contributed by atoms with Crippen LogP contribution in [0.5, 0.6) is 5.75 Å². The van der Waals surface area contributed by atoms with Crippen molar-refractivity contribution in [2.75, 3.05) is 37.0 Å². The van der Waals surface area contributed by atoms with Crippen molar-refractivity contribution < 1.29 is 4.74 Å². The third-order valence-electron chi connectivity index (χ3n) is 4.03. The molecule has 1 aromatic heterocycles. The zero-order valence-corrected chi connectivity index (χ0v) is 15.9. The highest BCUT2D eigenvalue weighted by atomic mass is 16.5. The first kappa shape index (κ1) is 19.0. The Hall–Kier alpha value is -2.30. The van der Waals surface area contributed by atoms with Crippen LogP contribution in [0.15, 0.2) is 30.3 Å². The number of methoxy groups -OCH3 is 1. The molecule has 0 amide bonds. The van der Waals surface area contributed by atoms with Crippen molar-refractivity contribution in [3.8, 4) is 5.75 Å². The van der Waals surface area contributed by atoms with Crippen LogP contribution in [-0.4, -0.2) is 36.7 Å². The Bertz CT molecular complexity index is 654. The van der Waals surface area contributed by atoms with Crippen LogP contribution in [-0.2, 0) is 6.42 Å². The van der Waals surface area contributed by atoms with Gasteiger partial charge in [0.2, 0.25) is 0 Å². The van der Waals surface area contributed by atoms with Gasteiger partial charge >= 0.3 is 0 Å². The van der Waals surface area contributed by atoms with Crippen molar-refractivity contribution in [1.29, 1.82) is 0 Å². The average molecular weight is 342 g/mol. The molecule has 1 N–H and O–H groups in total. The highest BCUT2D eigenvalue weighted by molar-refractivity contribution is 5.49. The SMILES string of the molecule is CCCN(CCC)c1cc(NCCc2ccccc2OC)nc(C)n1. The van der Waals surface area contributed by atoms with E-state index in [0.29, 0.717) is 0 Å². The Balaban J connectivity index is 2.04. The highest BCUT2D eigenvalue weighted by Gasteiger charge is 2.09. The summed E-state index contributed by atoms with van der Waals surface area (Å²) in [7, 11) is 1.71. The van der Waals surface area contributed by atoms with Crippen LogP contribution in [0.25, 0.3) is 0 Å². The fourth-order valence-electron chi connectivity index (χ4n) is 2.92. The summed E-state index contributed by atoms with van der Waals surface area (Å²) < 4.78 is 5.41. The van der Waals surface area contributed by atoms with E-state index in [-0.39, 0.29) is 0 Å². The molecule has 0 aliphatic carbocycles. The largest absolute Gasteiger partial charge is 0.496 e. The molecular weight excluding hydrogens is 312 g/mol. The summed E-state index contributed by atoms with van der Waals surface area (Å²) in [6, 6.07) is 10.2. The molecule has 0 aliphatic rings. The lowest BCUT2D eigenvalue weighted by Gasteiger charge is -2.23. The quantitative estimate of drug-likeness (QED) is 0.705. The number of benzene rings is 1. The third-order valence-corrected chi connectivity index (χ3v) is 4.03. The third kappa shape index (κ3) is 5.62. The van der Waals surface area contributed by atoms with Crippen LogP contribution in [0.4, 0.5) is 11.6 Å². The van der Waals surface area contributed by atoms with Gasteiger partial charge in [0, 0.05) is 25.7 Å². The molecule has 136 valence electrons. The summed E-state index contributed by atoms with van der Waals surface area (Å²) in [5.74, 6) is 3.63. The minimum Gasteiger partial charge on any atom is -0.496 e. The molecule has 0 fully saturated rings. The van der Waals surface area contributed by atoms with Crippen molar-refractivity contribution in [3.63, 3.8) is 0 Å². The van der Waals surface area contributed by atoms with E-state index < -0.39 is 0 Å². The van der Waals surface area contributed by atoms with E-state index in [1.807, 2.05) is 25.1 Å². The molecular formula is C20H30N4O. The molecule has 0 spiro atoms. The molecule has 0 saturated carbocycles. The van der Waals surface area contributed by atoms with Crippen LogP contribution in [0.3, 0.4) is 0 Å². The zero-order chi connectivity index (χ0) is 18.1. The molecule has 0 aliphatic heterocycles. The van der Waals surface area contributed by atoms with Crippen molar-refractivity contribution in [3.05, 3.63) is 41.7 Å². The van der Waals surface area contributed by atoms with Gasteiger partial charge in [-0.15, -0.1) is 0 Å². The van der Waals surface area contributed by atoms with Crippen LogP contribution < -0.4 is 15.0 Å². The van der Waals surface area contributed by atoms with Gasteiger partial charge in [0.1, 0.15) is 23.2 Å². The van der Waals surface area contributed by atoms with Crippen molar-refractivity contribution in [2.45, 2.75) is 40.0 Å². The summed E-state index contributed by atoms with van der Waals surface area (Å²) in [6.07, 6.45) is 3.11. The molecule has 0 radical (unpaired) electrons. The maximum absolute atomic E-state index is 5.41. The average Bonchev–Trinajstić information content (AvgIpc) is 2.61. The van der Waals surface area contributed by atoms with Gasteiger partial charge in [0.25, 0.3) is 0 Å². The van der Waals surface area contributed by atoms with Gasteiger partial charge in [-0.2, -0.15) is 0 Å². The first-order valence-corrected chi connectivity index (χ1v) is 9.14. The number of aromatic nitrogens is 2. The number of nitrogens with zero attached hydrogens (tertiary/aromatic N) is 3. The highest BCUT2D eigenvalue weighted by Crippen LogP contribution is 2.19. The molecule has 0 atom stereocenters. The molecule has 25 heavy (non-hydrogen) atoms. The summed E-state index contributed by atoms with van der Waals surface area (Å²) >= 11 is 0. The fourth-order valence-corrected chi connectivity index (χ4v) is 2.92. The van der Waals surface area contributed by atoms with Crippen molar-refractivity contribution in [1.82, 2.24) is 9.97 Å². The normalized spacial score (nSPS) is 10.6. The topological polar surface area (TPSA) is 50.3 Å². The smallest absolute Gasteiger partial charge is 0.134 e. The summed E-state index contributed by atoms with van der Waals surface area (Å²) in [6.45, 7) is 9.19. The predicted octanol–water partition coefficient (Wildman–Crippen LogP) is 4.07. The number of para-hydroxylation sites is 1. The van der Waals surface area contributed by atoms with Gasteiger partial charge in [-0.25, -0.2) is 9.97 Å². The van der Waals surface area contributed by atoms with Gasteiger partial charge in [-0.3, -0.25) is 0 Å². The van der Waals surface area contributed by atoms with Gasteiger partial charge < -0.3 is 15.0 Å². The Labute approximate surface area is 151 Å². The molecule has 0 saturated heterocycles. The van der Waals surface area contributed by atoms with Crippen LogP contribution in [0, 0.1) is 6.92 Å². The van der Waals surface area contributed by atoms with Gasteiger partial charge in [0.05, 0.1) is 7.11 Å². The van der Waals surface area contributed by atoms with E-state index in [1.54, 1.807) is 7.11 Å². The minimum atomic E-state index is 0.800. The van der Waals surface area contributed by atoms with E-state index in [0.717, 1.165) is 62.1 Å². The number of aryl methyl sites for hydroxylation is 1. The standard InChI is InChI=1S/C20H30N4O/c1-5-13-24(14-6-2)20-15-19(22-16(3)23-20)21-12-11-17-9-7-8-10-18(17)25-4/h7-10,15H,5-6,11-14H2,1-4H3,(H,21,22,23). The zero-order valence-electron chi connectivity index (χ0n) is 15.9. The summed E-state index contributed by atoms with van der Waals surface area (Å²) in [4.78, 5) is 11.5. The maximum Gasteiger partial charge on any atom is 0.134 e. The second kappa shape index (κ2) is 9.87. The number of ether oxygens (including phenoxy) is 1. The minimum absolute atomic E-state index is 0.800.